The van der Waals surface area contributed by atoms with E-state index >= 15 is 0 Å². The van der Waals surface area contributed by atoms with Gasteiger partial charge in [0.25, 0.3) is 0 Å². The van der Waals surface area contributed by atoms with E-state index in [1.165, 1.54) is 16.7 Å². The molecule has 0 radical (unpaired) electrons. The molecule has 2 heterocycles. The van der Waals surface area contributed by atoms with E-state index in [4.69, 9.17) is 0 Å². The summed E-state index contributed by atoms with van der Waals surface area (Å²) < 4.78 is 0. The molecular formula is C40H63N7O7. The normalized spacial score (nSPS) is 25.7. The van der Waals surface area contributed by atoms with Gasteiger partial charge < -0.3 is 36.4 Å². The van der Waals surface area contributed by atoms with Crippen molar-refractivity contribution in [3.63, 3.8) is 0 Å². The lowest BCUT2D eigenvalue weighted by atomic mass is 9.94. The SMILES string of the molecule is CC[C@H](C)[C@@H]1NC(=O)[C@H]([C@@H](C)CC)NC(=O)[C@@H]2CCCN2C(=O)[C@H](Cc2ccccc2)NC(=O)[C@@H](NC(=O)[C@H]([C@@H](C)CC)N(C)C(C)=O)CCCNC1=O. The van der Waals surface area contributed by atoms with Gasteiger partial charge in [0.15, 0.2) is 0 Å². The predicted octanol–water partition coefficient (Wildman–Crippen LogP) is 2.05. The van der Waals surface area contributed by atoms with Crippen LogP contribution in [-0.2, 0) is 40.0 Å². The van der Waals surface area contributed by atoms with Gasteiger partial charge in [-0.25, -0.2) is 0 Å². The molecule has 0 spiro atoms. The van der Waals surface area contributed by atoms with Gasteiger partial charge in [0.1, 0.15) is 36.3 Å². The largest absolute Gasteiger partial charge is 0.354 e. The monoisotopic (exact) mass is 753 g/mol. The summed E-state index contributed by atoms with van der Waals surface area (Å²) in [6.07, 6.45) is 3.21. The molecule has 2 saturated heterocycles. The van der Waals surface area contributed by atoms with Gasteiger partial charge in [0.05, 0.1) is 0 Å². The summed E-state index contributed by atoms with van der Waals surface area (Å²) in [5.74, 6) is -3.92. The van der Waals surface area contributed by atoms with Gasteiger partial charge in [-0.05, 0) is 49.0 Å². The summed E-state index contributed by atoms with van der Waals surface area (Å²) in [6, 6.07) is 3.44. The third-order valence-corrected chi connectivity index (χ3v) is 11.3. The fourth-order valence-electron chi connectivity index (χ4n) is 7.11. The number of rotatable bonds is 11. The maximum Gasteiger partial charge on any atom is 0.246 e. The molecule has 0 saturated carbocycles. The van der Waals surface area contributed by atoms with Gasteiger partial charge in [0.2, 0.25) is 41.4 Å². The second kappa shape index (κ2) is 20.8. The van der Waals surface area contributed by atoms with Crippen molar-refractivity contribution in [3.05, 3.63) is 35.9 Å². The first-order chi connectivity index (χ1) is 25.6. The molecule has 14 nitrogen and oxygen atoms in total. The number of likely N-dealkylation sites (N-methyl/N-ethyl adjacent to an activating group) is 1. The van der Waals surface area contributed by atoms with E-state index in [9.17, 15) is 33.6 Å². The number of nitrogens with one attached hydrogen (secondary N) is 5. The molecule has 7 amide bonds. The molecule has 1 aromatic carbocycles. The van der Waals surface area contributed by atoms with Crippen LogP contribution in [0.25, 0.3) is 0 Å². The quantitative estimate of drug-likeness (QED) is 0.229. The van der Waals surface area contributed by atoms with Crippen LogP contribution in [0.3, 0.4) is 0 Å². The second-order valence-corrected chi connectivity index (χ2v) is 15.1. The van der Waals surface area contributed by atoms with Gasteiger partial charge >= 0.3 is 0 Å². The average molecular weight is 754 g/mol. The van der Waals surface area contributed by atoms with Crippen molar-refractivity contribution in [1.29, 1.82) is 0 Å². The smallest absolute Gasteiger partial charge is 0.246 e. The molecule has 14 heteroatoms. The zero-order chi connectivity index (χ0) is 40.1. The predicted molar refractivity (Wildman–Crippen MR) is 205 cm³/mol. The number of carbonyl (C=O) groups excluding carboxylic acids is 7. The van der Waals surface area contributed by atoms with Crippen molar-refractivity contribution in [3.8, 4) is 0 Å². The second-order valence-electron chi connectivity index (χ2n) is 15.1. The Morgan fingerprint density at radius 2 is 1.43 bits per heavy atom. The molecule has 300 valence electrons. The summed E-state index contributed by atoms with van der Waals surface area (Å²) in [7, 11) is 1.55. The topological polar surface area (TPSA) is 186 Å². The molecule has 0 aliphatic carbocycles. The molecular weight excluding hydrogens is 690 g/mol. The Morgan fingerprint density at radius 1 is 0.815 bits per heavy atom. The van der Waals surface area contributed by atoms with Crippen LogP contribution >= 0.6 is 0 Å². The number of hydrogen-bond donors (Lipinski definition) is 5. The van der Waals surface area contributed by atoms with Crippen molar-refractivity contribution in [2.75, 3.05) is 20.1 Å². The zero-order valence-corrected chi connectivity index (χ0v) is 33.4. The van der Waals surface area contributed by atoms with Gasteiger partial charge in [-0.2, -0.15) is 0 Å². The summed E-state index contributed by atoms with van der Waals surface area (Å²) in [6.45, 7) is 13.1. The number of nitrogens with zero attached hydrogens (tertiary/aromatic N) is 2. The first-order valence-corrected chi connectivity index (χ1v) is 19.7. The Balaban J connectivity index is 2.07. The molecule has 0 unspecified atom stereocenters. The summed E-state index contributed by atoms with van der Waals surface area (Å²) in [4.78, 5) is 99.2. The lowest BCUT2D eigenvalue weighted by Gasteiger charge is -2.34. The third-order valence-electron chi connectivity index (χ3n) is 11.3. The van der Waals surface area contributed by atoms with Crippen LogP contribution in [0.4, 0.5) is 0 Å². The first-order valence-electron chi connectivity index (χ1n) is 19.7. The number of carbonyl (C=O) groups is 7. The van der Waals surface area contributed by atoms with E-state index in [2.05, 4.69) is 26.6 Å². The van der Waals surface area contributed by atoms with Crippen LogP contribution in [0, 0.1) is 17.8 Å². The van der Waals surface area contributed by atoms with E-state index in [1.807, 2.05) is 71.9 Å². The molecule has 1 aromatic rings. The van der Waals surface area contributed by atoms with Crippen LogP contribution in [0.1, 0.15) is 99.0 Å². The maximum atomic E-state index is 14.4. The Bertz CT molecular complexity index is 1470. The number of benzene rings is 1. The minimum atomic E-state index is -1.12. The Labute approximate surface area is 320 Å². The van der Waals surface area contributed by atoms with Gasteiger partial charge in [0, 0.05) is 33.5 Å². The highest BCUT2D eigenvalue weighted by atomic mass is 16.2. The standard InChI is InChI=1S/C40H63N7O7/c1-9-24(4)32-37(51)41-21-15-19-29(42-39(53)34(26(6)11-3)46(8)27(7)48)35(49)43-30(23-28-17-13-12-14-18-28)40(54)47-22-16-20-31(47)36(50)44-33(25(5)10-2)38(52)45-32/h12-14,17-18,24-26,29-34H,9-11,15-16,19-23H2,1-8H3,(H,41,51)(H,42,53)(H,43,49)(H,44,50)(H,45,52)/t24-,25-,26-,29-,30-,31-,32-,33-,34-/m0/s1. The molecule has 54 heavy (non-hydrogen) atoms. The van der Waals surface area contributed by atoms with E-state index in [1.54, 1.807) is 7.05 Å². The minimum Gasteiger partial charge on any atom is -0.354 e. The van der Waals surface area contributed by atoms with E-state index < -0.39 is 71.7 Å². The minimum absolute atomic E-state index is 0.103. The van der Waals surface area contributed by atoms with Crippen LogP contribution in [0.15, 0.2) is 30.3 Å². The van der Waals surface area contributed by atoms with Gasteiger partial charge in [-0.3, -0.25) is 33.6 Å². The van der Waals surface area contributed by atoms with E-state index in [-0.39, 0.29) is 56.0 Å². The van der Waals surface area contributed by atoms with Crippen LogP contribution < -0.4 is 26.6 Å². The van der Waals surface area contributed by atoms with Crippen molar-refractivity contribution in [1.82, 2.24) is 36.4 Å². The number of hydrogen-bond acceptors (Lipinski definition) is 7. The van der Waals surface area contributed by atoms with E-state index in [0.29, 0.717) is 32.1 Å². The highest BCUT2D eigenvalue weighted by Crippen LogP contribution is 2.22. The van der Waals surface area contributed by atoms with Crippen molar-refractivity contribution < 1.29 is 33.6 Å². The highest BCUT2D eigenvalue weighted by Gasteiger charge is 2.41. The van der Waals surface area contributed by atoms with Crippen LogP contribution in [0.2, 0.25) is 0 Å². The Hall–Kier alpha value is -4.49. The third kappa shape index (κ3) is 11.5. The molecule has 2 aliphatic rings. The molecule has 9 atom stereocenters. The van der Waals surface area contributed by atoms with Crippen LogP contribution in [0.5, 0.6) is 0 Å². The summed E-state index contributed by atoms with van der Waals surface area (Å²) in [5, 5.41) is 14.5. The highest BCUT2D eigenvalue weighted by molar-refractivity contribution is 5.97. The molecule has 0 aromatic heterocycles. The fraction of sp³-hybridized carbons (Fsp3) is 0.675. The number of fused-ring (bicyclic) bond motifs is 1. The number of amides is 7. The Morgan fingerprint density at radius 3 is 2.02 bits per heavy atom. The maximum absolute atomic E-state index is 14.4. The lowest BCUT2D eigenvalue weighted by molar-refractivity contribution is -0.143. The van der Waals surface area contributed by atoms with Crippen molar-refractivity contribution in [2.45, 2.75) is 136 Å². The first kappa shape index (κ1) is 43.9. The van der Waals surface area contributed by atoms with Crippen molar-refractivity contribution in [2.24, 2.45) is 17.8 Å². The molecule has 2 fully saturated rings. The van der Waals surface area contributed by atoms with Gasteiger partial charge in [-0.1, -0.05) is 91.1 Å². The van der Waals surface area contributed by atoms with Gasteiger partial charge in [-0.15, -0.1) is 0 Å². The molecule has 5 N–H and O–H groups in total. The average Bonchev–Trinajstić information content (AvgIpc) is 3.66. The summed E-state index contributed by atoms with van der Waals surface area (Å²) >= 11 is 0. The fourth-order valence-corrected chi connectivity index (χ4v) is 7.11. The van der Waals surface area contributed by atoms with Crippen molar-refractivity contribution >= 4 is 41.4 Å². The van der Waals surface area contributed by atoms with Crippen LogP contribution in [-0.4, -0.2) is 108 Å². The molecule has 3 rings (SSSR count). The Kier molecular flexibility index (Phi) is 16.9. The summed E-state index contributed by atoms with van der Waals surface area (Å²) in [5.41, 5.74) is 0.783. The van der Waals surface area contributed by atoms with E-state index in [0.717, 1.165) is 5.56 Å². The lowest BCUT2D eigenvalue weighted by Crippen LogP contribution is -2.61. The zero-order valence-electron chi connectivity index (χ0n) is 33.4. The molecule has 2 aliphatic heterocycles. The molecule has 0 bridgehead atoms.